The molecule has 7 heteroatoms. The van der Waals surface area contributed by atoms with Gasteiger partial charge in [-0.25, -0.2) is 4.39 Å². The molecule has 1 aromatic carbocycles. The molecular formula is C26H33FN2O3S. The third-order valence-electron chi connectivity index (χ3n) is 7.06. The molecule has 4 rings (SSSR count). The number of benzene rings is 1. The number of ether oxygens (including phenoxy) is 1. The lowest BCUT2D eigenvalue weighted by Gasteiger charge is -2.38. The summed E-state index contributed by atoms with van der Waals surface area (Å²) in [5.74, 6) is -0.147. The Morgan fingerprint density at radius 1 is 1.24 bits per heavy atom. The Bertz CT molecular complexity index is 972. The number of thiophene rings is 1. The first-order valence-electron chi connectivity index (χ1n) is 12.0. The Balaban J connectivity index is 1.52. The zero-order valence-corrected chi connectivity index (χ0v) is 20.3. The van der Waals surface area contributed by atoms with Gasteiger partial charge in [-0.05, 0) is 61.7 Å². The smallest absolute Gasteiger partial charge is 0.242 e. The van der Waals surface area contributed by atoms with Gasteiger partial charge in [0.2, 0.25) is 11.8 Å². The van der Waals surface area contributed by atoms with Crippen LogP contribution in [0, 0.1) is 11.7 Å². The van der Waals surface area contributed by atoms with Crippen LogP contribution < -0.4 is 4.74 Å². The molecule has 2 aliphatic rings. The van der Waals surface area contributed by atoms with E-state index < -0.39 is 5.82 Å². The van der Waals surface area contributed by atoms with Crippen molar-refractivity contribution in [3.63, 3.8) is 0 Å². The normalized spacial score (nSPS) is 19.2. The largest absolute Gasteiger partial charge is 0.488 e. The van der Waals surface area contributed by atoms with Crippen LogP contribution in [0.4, 0.5) is 4.39 Å². The first kappa shape index (κ1) is 23.7. The minimum atomic E-state index is -0.415. The third-order valence-corrected chi connectivity index (χ3v) is 8.06. The van der Waals surface area contributed by atoms with Crippen molar-refractivity contribution in [2.75, 3.05) is 19.7 Å². The van der Waals surface area contributed by atoms with Gasteiger partial charge in [-0.2, -0.15) is 0 Å². The van der Waals surface area contributed by atoms with Crippen LogP contribution in [0.1, 0.15) is 62.4 Å². The Morgan fingerprint density at radius 2 is 2.00 bits per heavy atom. The van der Waals surface area contributed by atoms with Gasteiger partial charge in [0.25, 0.3) is 0 Å². The van der Waals surface area contributed by atoms with Crippen molar-refractivity contribution in [2.24, 2.45) is 5.92 Å². The molecule has 1 fully saturated rings. The number of nitrogens with zero attached hydrogens (tertiary/aromatic N) is 2. The fraction of sp³-hybridized carbons (Fsp3) is 0.538. The van der Waals surface area contributed by atoms with Crippen LogP contribution >= 0.6 is 11.3 Å². The molecule has 0 radical (unpaired) electrons. The second-order valence-corrected chi connectivity index (χ2v) is 10.1. The number of carbonyl (C=O) groups is 2. The van der Waals surface area contributed by atoms with Gasteiger partial charge in [0.05, 0.1) is 6.04 Å². The summed E-state index contributed by atoms with van der Waals surface area (Å²) < 4.78 is 20.0. The summed E-state index contributed by atoms with van der Waals surface area (Å²) in [6.07, 6.45) is 5.60. The summed E-state index contributed by atoms with van der Waals surface area (Å²) >= 11 is 1.68. The number of amides is 2. The van der Waals surface area contributed by atoms with Crippen LogP contribution in [0.25, 0.3) is 0 Å². The average Bonchev–Trinajstić information content (AvgIpc) is 3.53. The quantitative estimate of drug-likeness (QED) is 0.530. The highest BCUT2D eigenvalue weighted by Crippen LogP contribution is 2.35. The van der Waals surface area contributed by atoms with Gasteiger partial charge >= 0.3 is 0 Å². The number of halogens is 1. The van der Waals surface area contributed by atoms with Crippen molar-refractivity contribution < 1.29 is 18.7 Å². The zero-order chi connectivity index (χ0) is 23.4. The lowest BCUT2D eigenvalue weighted by atomic mass is 10.00. The molecule has 2 atom stereocenters. The minimum absolute atomic E-state index is 0.0108. The molecule has 1 aliphatic carbocycles. The molecule has 0 spiro atoms. The van der Waals surface area contributed by atoms with E-state index in [1.807, 2.05) is 30.2 Å². The van der Waals surface area contributed by atoms with E-state index in [2.05, 4.69) is 0 Å². The number of hydrogen-bond acceptors (Lipinski definition) is 4. The lowest BCUT2D eigenvalue weighted by molar-refractivity contribution is -0.146. The maximum Gasteiger partial charge on any atom is 0.242 e. The van der Waals surface area contributed by atoms with Crippen molar-refractivity contribution in [3.8, 4) is 5.75 Å². The van der Waals surface area contributed by atoms with Crippen molar-refractivity contribution in [1.82, 2.24) is 9.80 Å². The highest BCUT2D eigenvalue weighted by molar-refractivity contribution is 7.10. The van der Waals surface area contributed by atoms with E-state index in [0.717, 1.165) is 44.1 Å². The first-order valence-corrected chi connectivity index (χ1v) is 12.9. The van der Waals surface area contributed by atoms with Crippen LogP contribution in [0.3, 0.4) is 0 Å². The first-order chi connectivity index (χ1) is 16.0. The molecular weight excluding hydrogens is 439 g/mol. The Hall–Kier alpha value is -2.41. The Morgan fingerprint density at radius 3 is 2.73 bits per heavy atom. The molecule has 2 heterocycles. The topological polar surface area (TPSA) is 49.9 Å². The van der Waals surface area contributed by atoms with E-state index in [9.17, 15) is 14.0 Å². The minimum Gasteiger partial charge on any atom is -0.488 e. The van der Waals surface area contributed by atoms with E-state index in [1.165, 1.54) is 10.9 Å². The predicted octanol–water partition coefficient (Wildman–Crippen LogP) is 5.21. The summed E-state index contributed by atoms with van der Waals surface area (Å²) in [5, 5.41) is 2.03. The van der Waals surface area contributed by atoms with Crippen LogP contribution in [0.2, 0.25) is 0 Å². The zero-order valence-electron chi connectivity index (χ0n) is 19.5. The molecule has 1 saturated carbocycles. The van der Waals surface area contributed by atoms with Crippen LogP contribution in [-0.2, 0) is 16.0 Å². The lowest BCUT2D eigenvalue weighted by Crippen LogP contribution is -2.51. The maximum atomic E-state index is 14.1. The van der Waals surface area contributed by atoms with E-state index >= 15 is 0 Å². The second kappa shape index (κ2) is 10.7. The van der Waals surface area contributed by atoms with Gasteiger partial charge in [0, 0.05) is 23.4 Å². The molecule has 0 unspecified atom stereocenters. The van der Waals surface area contributed by atoms with Crippen LogP contribution in [-0.4, -0.2) is 47.4 Å². The molecule has 33 heavy (non-hydrogen) atoms. The Kier molecular flexibility index (Phi) is 7.68. The highest BCUT2D eigenvalue weighted by Gasteiger charge is 2.36. The fourth-order valence-corrected chi connectivity index (χ4v) is 5.85. The van der Waals surface area contributed by atoms with Crippen LogP contribution in [0.15, 0.2) is 35.7 Å². The van der Waals surface area contributed by atoms with Gasteiger partial charge in [0.15, 0.2) is 11.6 Å². The third kappa shape index (κ3) is 5.24. The van der Waals surface area contributed by atoms with Gasteiger partial charge in [0.1, 0.15) is 13.2 Å². The number of fused-ring (bicyclic) bond motifs is 1. The number of hydrogen-bond donors (Lipinski definition) is 0. The summed E-state index contributed by atoms with van der Waals surface area (Å²) in [6.45, 7) is 4.90. The average molecular weight is 473 g/mol. The van der Waals surface area contributed by atoms with E-state index in [-0.39, 0.29) is 48.7 Å². The fourth-order valence-electron chi connectivity index (χ4n) is 4.92. The van der Waals surface area contributed by atoms with Gasteiger partial charge < -0.3 is 14.5 Å². The molecule has 178 valence electrons. The number of para-hydroxylation sites is 1. The SMILES string of the molecule is CC[C@H](C)N(CC(=O)N1CCc2sccc2[C@@H]1COc1ccccc1F)C(=O)C1CCCC1. The predicted molar refractivity (Wildman–Crippen MR) is 128 cm³/mol. The van der Waals surface area contributed by atoms with Gasteiger partial charge in [-0.3, -0.25) is 9.59 Å². The molecule has 5 nitrogen and oxygen atoms in total. The summed E-state index contributed by atoms with van der Waals surface area (Å²) in [6, 6.07) is 8.07. The molecule has 0 saturated heterocycles. The van der Waals surface area contributed by atoms with E-state index in [1.54, 1.807) is 34.4 Å². The van der Waals surface area contributed by atoms with Crippen molar-refractivity contribution in [1.29, 1.82) is 0 Å². The Labute approximate surface area is 199 Å². The van der Waals surface area contributed by atoms with Gasteiger partial charge in [-0.1, -0.05) is 31.9 Å². The van der Waals surface area contributed by atoms with Crippen molar-refractivity contribution >= 4 is 23.2 Å². The molecule has 2 aromatic rings. The molecule has 2 amide bonds. The molecule has 0 N–H and O–H groups in total. The van der Waals surface area contributed by atoms with Crippen molar-refractivity contribution in [3.05, 3.63) is 52.0 Å². The van der Waals surface area contributed by atoms with Gasteiger partial charge in [-0.15, -0.1) is 11.3 Å². The monoisotopic (exact) mass is 472 g/mol. The summed E-state index contributed by atoms with van der Waals surface area (Å²) in [7, 11) is 0. The molecule has 1 aromatic heterocycles. The standard InChI is InChI=1S/C26H33FN2O3S/c1-3-18(2)29(26(31)19-8-4-5-9-19)16-25(30)28-14-12-24-20(13-15-33-24)22(28)17-32-23-11-7-6-10-21(23)27/h6-7,10-11,13,15,18-19,22H,3-5,8-9,12,14,16-17H2,1-2H3/t18-,22-/m0/s1. The van der Waals surface area contributed by atoms with E-state index in [0.29, 0.717) is 6.54 Å². The highest BCUT2D eigenvalue weighted by atomic mass is 32.1. The molecule has 0 bridgehead atoms. The molecule has 1 aliphatic heterocycles. The van der Waals surface area contributed by atoms with Crippen LogP contribution in [0.5, 0.6) is 5.75 Å². The van der Waals surface area contributed by atoms with Crippen molar-refractivity contribution in [2.45, 2.75) is 64.5 Å². The summed E-state index contributed by atoms with van der Waals surface area (Å²) in [4.78, 5) is 31.7. The number of rotatable bonds is 8. The maximum absolute atomic E-state index is 14.1. The second-order valence-electron chi connectivity index (χ2n) is 9.10. The number of carbonyl (C=O) groups excluding carboxylic acids is 2. The van der Waals surface area contributed by atoms with E-state index in [4.69, 9.17) is 4.74 Å². The summed E-state index contributed by atoms with van der Waals surface area (Å²) in [5.41, 5.74) is 1.06.